The van der Waals surface area contributed by atoms with E-state index < -0.39 is 24.0 Å². The molecule has 2 amide bonds. The Labute approximate surface area is 124 Å². The molecule has 0 aromatic carbocycles. The van der Waals surface area contributed by atoms with Crippen LogP contribution in [0.4, 0.5) is 13.2 Å². The number of amides is 2. The monoisotopic (exact) mass is 319 g/mol. The second kappa shape index (κ2) is 5.98. The minimum Gasteiger partial charge on any atom is -0.361 e. The zero-order chi connectivity index (χ0) is 16.5. The van der Waals surface area contributed by atoms with E-state index in [-0.39, 0.29) is 19.5 Å². The molecule has 0 aliphatic carbocycles. The third kappa shape index (κ3) is 3.23. The Kier molecular flexibility index (Phi) is 4.43. The maximum absolute atomic E-state index is 12.5. The van der Waals surface area contributed by atoms with Gasteiger partial charge in [0.1, 0.15) is 11.8 Å². The molecule has 1 aromatic rings. The van der Waals surface area contributed by atoms with Gasteiger partial charge in [0.25, 0.3) is 0 Å². The number of nitrogens with one attached hydrogen (secondary N) is 1. The Bertz CT molecular complexity index is 563. The van der Waals surface area contributed by atoms with Gasteiger partial charge in [-0.3, -0.25) is 9.59 Å². The van der Waals surface area contributed by atoms with E-state index in [1.807, 2.05) is 0 Å². The van der Waals surface area contributed by atoms with Crippen LogP contribution in [0.2, 0.25) is 0 Å². The topological polar surface area (TPSA) is 75.4 Å². The third-order valence-electron chi connectivity index (χ3n) is 3.68. The van der Waals surface area contributed by atoms with Crippen molar-refractivity contribution in [1.82, 2.24) is 15.4 Å². The minimum atomic E-state index is -4.97. The number of carbonyl (C=O) groups excluding carboxylic acids is 2. The summed E-state index contributed by atoms with van der Waals surface area (Å²) in [5.41, 5.74) is 1.28. The van der Waals surface area contributed by atoms with E-state index in [4.69, 9.17) is 4.52 Å². The number of hydrogen-bond acceptors (Lipinski definition) is 4. The van der Waals surface area contributed by atoms with Gasteiger partial charge >= 0.3 is 12.1 Å². The first kappa shape index (κ1) is 16.3. The standard InChI is InChI=1S/C13H16F3N3O3/c1-7-9(8(2)22-18-7)6-17-11(20)10-4-3-5-19(10)12(21)13(14,15)16/h10H,3-6H2,1-2H3,(H,17,20). The average molecular weight is 319 g/mol. The van der Waals surface area contributed by atoms with Crippen LogP contribution in [0.1, 0.15) is 29.9 Å². The van der Waals surface area contributed by atoms with E-state index >= 15 is 0 Å². The number of nitrogens with zero attached hydrogens (tertiary/aromatic N) is 2. The fourth-order valence-corrected chi connectivity index (χ4v) is 2.49. The Balaban J connectivity index is 2.01. The van der Waals surface area contributed by atoms with Gasteiger partial charge in [0, 0.05) is 18.7 Å². The predicted octanol–water partition coefficient (Wildman–Crippen LogP) is 1.46. The van der Waals surface area contributed by atoms with Crippen LogP contribution in [0, 0.1) is 13.8 Å². The van der Waals surface area contributed by atoms with E-state index in [0.717, 1.165) is 0 Å². The van der Waals surface area contributed by atoms with Crippen molar-refractivity contribution in [3.63, 3.8) is 0 Å². The molecule has 1 atom stereocenters. The van der Waals surface area contributed by atoms with Crippen molar-refractivity contribution in [2.24, 2.45) is 0 Å². The highest BCUT2D eigenvalue weighted by Gasteiger charge is 2.47. The first-order chi connectivity index (χ1) is 10.2. The fraction of sp³-hybridized carbons (Fsp3) is 0.615. The normalized spacial score (nSPS) is 18.6. The summed E-state index contributed by atoms with van der Waals surface area (Å²) in [5, 5.41) is 6.27. The molecule has 2 heterocycles. The van der Waals surface area contributed by atoms with Crippen LogP contribution < -0.4 is 5.32 Å². The lowest BCUT2D eigenvalue weighted by atomic mass is 10.1. The van der Waals surface area contributed by atoms with Crippen LogP contribution in [-0.4, -0.2) is 40.6 Å². The molecule has 1 saturated heterocycles. The van der Waals surface area contributed by atoms with Gasteiger partial charge < -0.3 is 14.7 Å². The van der Waals surface area contributed by atoms with Crippen molar-refractivity contribution in [2.45, 2.75) is 45.5 Å². The quantitative estimate of drug-likeness (QED) is 0.915. The molecule has 9 heteroatoms. The zero-order valence-electron chi connectivity index (χ0n) is 12.2. The van der Waals surface area contributed by atoms with E-state index in [0.29, 0.717) is 28.3 Å². The van der Waals surface area contributed by atoms with Crippen molar-refractivity contribution in [2.75, 3.05) is 6.54 Å². The molecule has 0 bridgehead atoms. The molecule has 1 aliphatic heterocycles. The maximum Gasteiger partial charge on any atom is 0.471 e. The minimum absolute atomic E-state index is 0.0677. The molecule has 2 rings (SSSR count). The highest BCUT2D eigenvalue weighted by molar-refractivity contribution is 5.90. The lowest BCUT2D eigenvalue weighted by molar-refractivity contribution is -0.186. The molecule has 0 saturated carbocycles. The molecule has 1 fully saturated rings. The fourth-order valence-electron chi connectivity index (χ4n) is 2.49. The van der Waals surface area contributed by atoms with Gasteiger partial charge in [0.05, 0.1) is 5.69 Å². The third-order valence-corrected chi connectivity index (χ3v) is 3.68. The first-order valence-corrected chi connectivity index (χ1v) is 6.79. The number of aryl methyl sites for hydroxylation is 2. The van der Waals surface area contributed by atoms with Crippen molar-refractivity contribution in [3.8, 4) is 0 Å². The summed E-state index contributed by atoms with van der Waals surface area (Å²) < 4.78 is 42.5. The molecular formula is C13H16F3N3O3. The van der Waals surface area contributed by atoms with Crippen LogP contribution in [0.5, 0.6) is 0 Å². The van der Waals surface area contributed by atoms with Gasteiger partial charge in [-0.25, -0.2) is 0 Å². The van der Waals surface area contributed by atoms with Crippen molar-refractivity contribution < 1.29 is 27.3 Å². The summed E-state index contributed by atoms with van der Waals surface area (Å²) in [4.78, 5) is 24.0. The molecule has 0 spiro atoms. The van der Waals surface area contributed by atoms with E-state index in [1.165, 1.54) is 0 Å². The number of hydrogen-bond donors (Lipinski definition) is 1. The Hall–Kier alpha value is -2.06. The van der Waals surface area contributed by atoms with E-state index in [9.17, 15) is 22.8 Å². The second-order valence-electron chi connectivity index (χ2n) is 5.17. The van der Waals surface area contributed by atoms with Gasteiger partial charge in [-0.05, 0) is 26.7 Å². The van der Waals surface area contributed by atoms with Crippen molar-refractivity contribution in [3.05, 3.63) is 17.0 Å². The van der Waals surface area contributed by atoms with E-state index in [1.54, 1.807) is 13.8 Å². The number of alkyl halides is 3. The molecule has 1 unspecified atom stereocenters. The first-order valence-electron chi connectivity index (χ1n) is 6.79. The van der Waals surface area contributed by atoms with Crippen LogP contribution >= 0.6 is 0 Å². The average Bonchev–Trinajstić information content (AvgIpc) is 3.02. The second-order valence-corrected chi connectivity index (χ2v) is 5.17. The molecule has 6 nitrogen and oxygen atoms in total. The van der Waals surface area contributed by atoms with Crippen LogP contribution in [0.3, 0.4) is 0 Å². The number of aromatic nitrogens is 1. The van der Waals surface area contributed by atoms with Gasteiger partial charge in [0.2, 0.25) is 5.91 Å². The molecule has 1 N–H and O–H groups in total. The largest absolute Gasteiger partial charge is 0.471 e. The van der Waals surface area contributed by atoms with Crippen molar-refractivity contribution in [1.29, 1.82) is 0 Å². The predicted molar refractivity (Wildman–Crippen MR) is 68.6 cm³/mol. The molecular weight excluding hydrogens is 303 g/mol. The van der Waals surface area contributed by atoms with Gasteiger partial charge in [-0.15, -0.1) is 0 Å². The Morgan fingerprint density at radius 2 is 2.09 bits per heavy atom. The molecule has 22 heavy (non-hydrogen) atoms. The van der Waals surface area contributed by atoms with Gasteiger partial charge in [0.15, 0.2) is 0 Å². The van der Waals surface area contributed by atoms with Crippen LogP contribution in [0.15, 0.2) is 4.52 Å². The lowest BCUT2D eigenvalue weighted by Crippen LogP contribution is -2.50. The zero-order valence-corrected chi connectivity index (χ0v) is 12.2. The maximum atomic E-state index is 12.5. The number of carbonyl (C=O) groups is 2. The summed E-state index contributed by atoms with van der Waals surface area (Å²) in [6.07, 6.45) is -4.38. The SMILES string of the molecule is Cc1noc(C)c1CNC(=O)C1CCCN1C(=O)C(F)(F)F. The smallest absolute Gasteiger partial charge is 0.361 e. The Morgan fingerprint density at radius 1 is 1.41 bits per heavy atom. The number of rotatable bonds is 3. The Morgan fingerprint density at radius 3 is 2.64 bits per heavy atom. The van der Waals surface area contributed by atoms with Crippen LogP contribution in [0.25, 0.3) is 0 Å². The summed E-state index contributed by atoms with van der Waals surface area (Å²) >= 11 is 0. The summed E-state index contributed by atoms with van der Waals surface area (Å²) in [5.74, 6) is -2.04. The van der Waals surface area contributed by atoms with Crippen molar-refractivity contribution >= 4 is 11.8 Å². The van der Waals surface area contributed by atoms with Gasteiger partial charge in [-0.1, -0.05) is 5.16 Å². The van der Waals surface area contributed by atoms with E-state index in [2.05, 4.69) is 10.5 Å². The summed E-state index contributed by atoms with van der Waals surface area (Å²) in [7, 11) is 0. The van der Waals surface area contributed by atoms with Crippen LogP contribution in [-0.2, 0) is 16.1 Å². The number of likely N-dealkylation sites (tertiary alicyclic amines) is 1. The molecule has 0 radical (unpaired) electrons. The summed E-state index contributed by atoms with van der Waals surface area (Å²) in [6.45, 7) is 3.41. The summed E-state index contributed by atoms with van der Waals surface area (Å²) in [6, 6.07) is -1.09. The highest BCUT2D eigenvalue weighted by Crippen LogP contribution is 2.25. The molecule has 122 valence electrons. The molecule has 1 aliphatic rings. The number of halogens is 3. The lowest BCUT2D eigenvalue weighted by Gasteiger charge is -2.24. The van der Waals surface area contributed by atoms with Gasteiger partial charge in [-0.2, -0.15) is 13.2 Å². The molecule has 1 aromatic heterocycles. The highest BCUT2D eigenvalue weighted by atomic mass is 19.4.